The molecule has 2 aromatic carbocycles. The smallest absolute Gasteiger partial charge is 0.257 e. The van der Waals surface area contributed by atoms with Gasteiger partial charge >= 0.3 is 0 Å². The van der Waals surface area contributed by atoms with E-state index in [2.05, 4.69) is 30.3 Å². The van der Waals surface area contributed by atoms with Crippen LogP contribution in [-0.4, -0.2) is 42.5 Å². The molecule has 42 heavy (non-hydrogen) atoms. The number of piperidine rings is 1. The van der Waals surface area contributed by atoms with Gasteiger partial charge in [0.2, 0.25) is 11.8 Å². The van der Waals surface area contributed by atoms with Crippen molar-refractivity contribution in [3.05, 3.63) is 77.5 Å². The lowest BCUT2D eigenvalue weighted by atomic mass is 10.0. The van der Waals surface area contributed by atoms with Crippen LogP contribution in [0.15, 0.2) is 66.1 Å². The molecule has 0 bridgehead atoms. The normalized spacial score (nSPS) is 15.6. The van der Waals surface area contributed by atoms with E-state index in [4.69, 9.17) is 4.74 Å². The van der Waals surface area contributed by atoms with Crippen LogP contribution in [0.3, 0.4) is 0 Å². The Morgan fingerprint density at radius 3 is 2.71 bits per heavy atom. The van der Waals surface area contributed by atoms with Gasteiger partial charge in [-0.05, 0) is 68.6 Å². The highest BCUT2D eigenvalue weighted by Crippen LogP contribution is 2.39. The molecule has 4 aromatic rings. The number of hydrogen-bond acceptors (Lipinski definition) is 8. The largest absolute Gasteiger partial charge is 0.437 e. The number of pyridine rings is 1. The number of ether oxygens (including phenoxy) is 1. The lowest BCUT2D eigenvalue weighted by molar-refractivity contribution is 0.466. The standard InChI is InChI=1S/C29H30F2N6O3S.ClH/c1-3-19(30)17-41(38,39)37-26-21-9-8-18(2)27(22(21)10-11-24(26)31)40-28-23(7-5-14-33-28)25-12-15-34-29(36-25)35-20-6-4-13-32-16-20;/h5,7-12,14-15,17,20,32,37H,3-4,6,13,16H2,1-2H3,(H,34,35,36);1H/b19-17-;. The maximum atomic E-state index is 14.9. The zero-order chi connectivity index (χ0) is 29.0. The van der Waals surface area contributed by atoms with Gasteiger partial charge in [0, 0.05) is 35.8 Å². The van der Waals surface area contributed by atoms with Gasteiger partial charge in [-0.25, -0.2) is 32.2 Å². The summed E-state index contributed by atoms with van der Waals surface area (Å²) in [6.45, 7) is 5.12. The summed E-state index contributed by atoms with van der Waals surface area (Å²) in [4.78, 5) is 13.5. The first kappa shape index (κ1) is 31.1. The zero-order valence-electron chi connectivity index (χ0n) is 23.0. The number of rotatable bonds is 9. The van der Waals surface area contributed by atoms with Crippen molar-refractivity contribution < 1.29 is 21.9 Å². The number of nitrogens with zero attached hydrogens (tertiary/aromatic N) is 3. The van der Waals surface area contributed by atoms with Crippen LogP contribution < -0.4 is 20.1 Å². The second-order valence-electron chi connectivity index (χ2n) is 9.71. The SMILES string of the molecule is CC/C(F)=C/S(=O)(=O)Nc1c(F)ccc2c(Oc3ncccc3-c3ccnc(NC4CCCNC4)n3)c(C)ccc12.Cl. The van der Waals surface area contributed by atoms with E-state index in [0.29, 0.717) is 39.3 Å². The molecule has 13 heteroatoms. The van der Waals surface area contributed by atoms with Crippen molar-refractivity contribution in [3.63, 3.8) is 0 Å². The van der Waals surface area contributed by atoms with Crippen molar-refractivity contribution in [2.75, 3.05) is 23.1 Å². The summed E-state index contributed by atoms with van der Waals surface area (Å²) in [5.41, 5.74) is 1.61. The van der Waals surface area contributed by atoms with Crippen molar-refractivity contribution in [2.45, 2.75) is 39.2 Å². The predicted molar refractivity (Wildman–Crippen MR) is 163 cm³/mol. The van der Waals surface area contributed by atoms with Gasteiger partial charge < -0.3 is 15.4 Å². The van der Waals surface area contributed by atoms with Crippen molar-refractivity contribution in [2.24, 2.45) is 0 Å². The summed E-state index contributed by atoms with van der Waals surface area (Å²) in [5.74, 6) is -0.549. The molecule has 222 valence electrons. The number of aromatic nitrogens is 3. The molecular formula is C29H31ClF2N6O3S. The van der Waals surface area contributed by atoms with E-state index in [1.165, 1.54) is 13.0 Å². The van der Waals surface area contributed by atoms with Gasteiger partial charge in [0.05, 0.1) is 22.4 Å². The molecule has 0 saturated carbocycles. The fraction of sp³-hybridized carbons (Fsp3) is 0.276. The van der Waals surface area contributed by atoms with Gasteiger partial charge in [-0.1, -0.05) is 19.1 Å². The minimum atomic E-state index is -4.30. The third-order valence-corrected chi connectivity index (χ3v) is 7.75. The highest BCUT2D eigenvalue weighted by Gasteiger charge is 2.20. The first-order valence-corrected chi connectivity index (χ1v) is 14.8. The number of hydrogen-bond donors (Lipinski definition) is 3. The second kappa shape index (κ2) is 13.4. The van der Waals surface area contributed by atoms with E-state index in [1.807, 2.05) is 13.0 Å². The molecule has 1 aliphatic heterocycles. The quantitative estimate of drug-likeness (QED) is 0.196. The molecule has 5 rings (SSSR count). The fourth-order valence-electron chi connectivity index (χ4n) is 4.62. The maximum absolute atomic E-state index is 14.9. The van der Waals surface area contributed by atoms with Crippen molar-refractivity contribution in [1.82, 2.24) is 20.3 Å². The Kier molecular flexibility index (Phi) is 9.92. The molecular weight excluding hydrogens is 586 g/mol. The third kappa shape index (κ3) is 7.12. The van der Waals surface area contributed by atoms with E-state index < -0.39 is 21.7 Å². The molecule has 1 unspecified atom stereocenters. The van der Waals surface area contributed by atoms with Gasteiger partial charge in [0.15, 0.2) is 0 Å². The van der Waals surface area contributed by atoms with Gasteiger partial charge in [-0.2, -0.15) is 0 Å². The molecule has 1 saturated heterocycles. The van der Waals surface area contributed by atoms with Crippen molar-refractivity contribution >= 4 is 44.8 Å². The number of benzene rings is 2. The highest BCUT2D eigenvalue weighted by atomic mass is 35.5. The van der Waals surface area contributed by atoms with Crippen LogP contribution >= 0.6 is 12.4 Å². The van der Waals surface area contributed by atoms with E-state index in [0.717, 1.165) is 32.0 Å². The topological polar surface area (TPSA) is 118 Å². The molecule has 0 amide bonds. The number of fused-ring (bicyclic) bond motifs is 1. The van der Waals surface area contributed by atoms with Crippen LogP contribution in [0.5, 0.6) is 11.6 Å². The van der Waals surface area contributed by atoms with Crippen LogP contribution in [0.25, 0.3) is 22.0 Å². The number of allylic oxidation sites excluding steroid dienone is 1. The summed E-state index contributed by atoms with van der Waals surface area (Å²) in [7, 11) is -4.30. The zero-order valence-corrected chi connectivity index (χ0v) is 24.7. The monoisotopic (exact) mass is 616 g/mol. The lowest BCUT2D eigenvalue weighted by Crippen LogP contribution is -2.38. The first-order valence-electron chi connectivity index (χ1n) is 13.3. The molecule has 1 atom stereocenters. The van der Waals surface area contributed by atoms with Gasteiger partial charge in [0.1, 0.15) is 17.4 Å². The summed E-state index contributed by atoms with van der Waals surface area (Å²) in [5, 5.41) is 7.87. The number of halogens is 3. The minimum Gasteiger partial charge on any atom is -0.437 e. The minimum absolute atomic E-state index is 0. The maximum Gasteiger partial charge on any atom is 0.257 e. The van der Waals surface area contributed by atoms with Crippen LogP contribution in [0.4, 0.5) is 20.4 Å². The molecule has 1 fully saturated rings. The molecule has 0 aliphatic carbocycles. The average Bonchev–Trinajstić information content (AvgIpc) is 2.96. The Morgan fingerprint density at radius 2 is 1.95 bits per heavy atom. The first-order chi connectivity index (χ1) is 19.7. The molecule has 2 aromatic heterocycles. The summed E-state index contributed by atoms with van der Waals surface area (Å²) >= 11 is 0. The molecule has 3 N–H and O–H groups in total. The fourth-order valence-corrected chi connectivity index (χ4v) is 5.68. The summed E-state index contributed by atoms with van der Waals surface area (Å²) < 4.78 is 62.1. The predicted octanol–water partition coefficient (Wildman–Crippen LogP) is 6.48. The molecule has 0 radical (unpaired) electrons. The number of anilines is 2. The van der Waals surface area contributed by atoms with Gasteiger partial charge in [-0.3, -0.25) is 4.72 Å². The van der Waals surface area contributed by atoms with E-state index in [1.54, 1.807) is 36.7 Å². The Bertz CT molecular complexity index is 1720. The molecule has 9 nitrogen and oxygen atoms in total. The number of aryl methyl sites for hydroxylation is 1. The van der Waals surface area contributed by atoms with Crippen LogP contribution in [0.2, 0.25) is 0 Å². The van der Waals surface area contributed by atoms with Gasteiger partial charge in [0.25, 0.3) is 10.0 Å². The highest BCUT2D eigenvalue weighted by molar-refractivity contribution is 7.95. The lowest BCUT2D eigenvalue weighted by Gasteiger charge is -2.23. The molecule has 3 heterocycles. The van der Waals surface area contributed by atoms with Crippen LogP contribution in [-0.2, 0) is 10.0 Å². The van der Waals surface area contributed by atoms with Crippen molar-refractivity contribution in [3.8, 4) is 22.9 Å². The van der Waals surface area contributed by atoms with E-state index >= 15 is 0 Å². The molecule has 0 spiro atoms. The summed E-state index contributed by atoms with van der Waals surface area (Å²) in [6, 6.07) is 11.5. The van der Waals surface area contributed by atoms with Crippen LogP contribution in [0.1, 0.15) is 31.7 Å². The average molecular weight is 617 g/mol. The second-order valence-corrected chi connectivity index (χ2v) is 11.2. The Hall–Kier alpha value is -3.87. The Morgan fingerprint density at radius 1 is 1.14 bits per heavy atom. The third-order valence-electron chi connectivity index (χ3n) is 6.69. The summed E-state index contributed by atoms with van der Waals surface area (Å²) in [6.07, 6.45) is 5.23. The number of nitrogens with one attached hydrogen (secondary N) is 3. The van der Waals surface area contributed by atoms with E-state index in [-0.39, 0.29) is 41.8 Å². The molecule has 1 aliphatic rings. The Labute approximate surface area is 249 Å². The van der Waals surface area contributed by atoms with Gasteiger partial charge in [-0.15, -0.1) is 12.4 Å². The Balaban J connectivity index is 0.00000405. The van der Waals surface area contributed by atoms with Crippen LogP contribution in [0, 0.1) is 12.7 Å². The van der Waals surface area contributed by atoms with Crippen molar-refractivity contribution in [1.29, 1.82) is 0 Å². The van der Waals surface area contributed by atoms with E-state index in [9.17, 15) is 17.2 Å². The number of sulfonamides is 1.